The van der Waals surface area contributed by atoms with Crippen molar-refractivity contribution in [3.05, 3.63) is 23.3 Å². The van der Waals surface area contributed by atoms with Gasteiger partial charge < -0.3 is 24.4 Å². The van der Waals surface area contributed by atoms with E-state index in [0.29, 0.717) is 18.1 Å². The fourth-order valence-corrected chi connectivity index (χ4v) is 4.71. The van der Waals surface area contributed by atoms with Crippen LogP contribution in [0.15, 0.2) is 17.1 Å². The van der Waals surface area contributed by atoms with Gasteiger partial charge in [0.25, 0.3) is 0 Å². The van der Waals surface area contributed by atoms with Crippen LogP contribution in [0, 0.1) is 18.3 Å². The van der Waals surface area contributed by atoms with E-state index in [9.17, 15) is 0 Å². The molecule has 156 valence electrons. The van der Waals surface area contributed by atoms with Gasteiger partial charge in [0, 0.05) is 44.1 Å². The van der Waals surface area contributed by atoms with Crippen LogP contribution >= 0.6 is 0 Å². The zero-order chi connectivity index (χ0) is 20.5. The maximum absolute atomic E-state index is 5.94. The van der Waals surface area contributed by atoms with Crippen LogP contribution in [0.5, 0.6) is 11.5 Å². The van der Waals surface area contributed by atoms with Gasteiger partial charge in [-0.2, -0.15) is 0 Å². The minimum atomic E-state index is 0.121. The quantitative estimate of drug-likeness (QED) is 0.598. The van der Waals surface area contributed by atoms with Crippen LogP contribution in [0.2, 0.25) is 0 Å². The summed E-state index contributed by atoms with van der Waals surface area (Å²) in [5.41, 5.74) is 2.49. The highest BCUT2D eigenvalue weighted by atomic mass is 16.5. The van der Waals surface area contributed by atoms with Crippen molar-refractivity contribution < 1.29 is 14.2 Å². The Bertz CT molecular complexity index is 732. The summed E-state index contributed by atoms with van der Waals surface area (Å²) in [5.74, 6) is 3.04. The van der Waals surface area contributed by atoms with Crippen LogP contribution in [0.25, 0.3) is 0 Å². The molecular weight excluding hydrogens is 354 g/mol. The van der Waals surface area contributed by atoms with E-state index >= 15 is 0 Å². The zero-order valence-electron chi connectivity index (χ0n) is 18.3. The molecule has 1 aromatic carbocycles. The lowest BCUT2D eigenvalue weighted by molar-refractivity contribution is -0.107. The number of hydrogen-bond donors (Lipinski definition) is 1. The largest absolute Gasteiger partial charge is 0.493 e. The second-order valence-corrected chi connectivity index (χ2v) is 8.47. The molecule has 0 bridgehead atoms. The van der Waals surface area contributed by atoms with Crippen molar-refractivity contribution in [3.8, 4) is 11.5 Å². The molecule has 1 saturated carbocycles. The molecule has 3 rings (SSSR count). The maximum atomic E-state index is 5.94. The zero-order valence-corrected chi connectivity index (χ0v) is 18.3. The first kappa shape index (κ1) is 20.8. The number of aliphatic imine (C=N–C) groups is 1. The van der Waals surface area contributed by atoms with Crippen LogP contribution in [0.3, 0.4) is 0 Å². The molecule has 2 aliphatic rings. The minimum absolute atomic E-state index is 0.121. The summed E-state index contributed by atoms with van der Waals surface area (Å²) in [6, 6.07) is 4.48. The Morgan fingerprint density at radius 1 is 1.29 bits per heavy atom. The van der Waals surface area contributed by atoms with Crippen molar-refractivity contribution in [2.24, 2.45) is 16.3 Å². The maximum Gasteiger partial charge on any atom is 0.194 e. The highest BCUT2D eigenvalue weighted by molar-refractivity contribution is 5.80. The molecule has 6 heteroatoms. The van der Waals surface area contributed by atoms with Crippen LogP contribution in [0.1, 0.15) is 38.3 Å². The van der Waals surface area contributed by atoms with E-state index in [4.69, 9.17) is 19.2 Å². The van der Waals surface area contributed by atoms with E-state index in [1.165, 1.54) is 11.1 Å². The number of rotatable bonds is 6. The lowest BCUT2D eigenvalue weighted by Crippen LogP contribution is -2.67. The molecule has 0 spiro atoms. The number of hydrogen-bond acceptors (Lipinski definition) is 4. The Hall–Kier alpha value is -1.95. The number of methoxy groups -OCH3 is 2. The molecule has 28 heavy (non-hydrogen) atoms. The van der Waals surface area contributed by atoms with Gasteiger partial charge in [0.15, 0.2) is 17.5 Å². The predicted octanol–water partition coefficient (Wildman–Crippen LogP) is 3.22. The Morgan fingerprint density at radius 2 is 1.96 bits per heavy atom. The number of aryl methyl sites for hydroxylation is 1. The predicted molar refractivity (Wildman–Crippen MR) is 112 cm³/mol. The van der Waals surface area contributed by atoms with Crippen molar-refractivity contribution >= 4 is 5.96 Å². The summed E-state index contributed by atoms with van der Waals surface area (Å²) < 4.78 is 16.8. The topological polar surface area (TPSA) is 55.3 Å². The van der Waals surface area contributed by atoms with Gasteiger partial charge in [-0.05, 0) is 43.5 Å². The second kappa shape index (κ2) is 8.19. The molecule has 0 radical (unpaired) electrons. The van der Waals surface area contributed by atoms with Crippen molar-refractivity contribution in [2.75, 3.05) is 34.4 Å². The van der Waals surface area contributed by atoms with Gasteiger partial charge in [0.05, 0.1) is 20.3 Å². The third-order valence-electron chi connectivity index (χ3n) is 6.30. The Balaban J connectivity index is 1.76. The fraction of sp³-hybridized carbons (Fsp3) is 0.682. The number of nitrogens with zero attached hydrogens (tertiary/aromatic N) is 2. The number of benzene rings is 1. The molecule has 3 atom stereocenters. The van der Waals surface area contributed by atoms with Gasteiger partial charge in [-0.15, -0.1) is 0 Å². The first-order valence-electron chi connectivity index (χ1n) is 10.2. The van der Waals surface area contributed by atoms with Crippen molar-refractivity contribution in [2.45, 2.75) is 52.8 Å². The molecule has 1 saturated heterocycles. The monoisotopic (exact) mass is 389 g/mol. The van der Waals surface area contributed by atoms with Crippen molar-refractivity contribution in [1.29, 1.82) is 0 Å². The third-order valence-corrected chi connectivity index (χ3v) is 6.30. The normalized spacial score (nSPS) is 25.7. The Kier molecular flexibility index (Phi) is 6.08. The van der Waals surface area contributed by atoms with E-state index < -0.39 is 0 Å². The van der Waals surface area contributed by atoms with Gasteiger partial charge in [-0.3, -0.25) is 4.99 Å². The average Bonchev–Trinajstić information content (AvgIpc) is 3.13. The van der Waals surface area contributed by atoms with Gasteiger partial charge >= 0.3 is 0 Å². The van der Waals surface area contributed by atoms with Gasteiger partial charge in [-0.1, -0.05) is 13.8 Å². The van der Waals surface area contributed by atoms with E-state index in [-0.39, 0.29) is 5.41 Å². The smallest absolute Gasteiger partial charge is 0.194 e. The molecule has 6 nitrogen and oxygen atoms in total. The van der Waals surface area contributed by atoms with E-state index in [2.05, 4.69) is 51.0 Å². The van der Waals surface area contributed by atoms with Crippen LogP contribution in [-0.4, -0.2) is 57.4 Å². The molecule has 0 aromatic heterocycles. The average molecular weight is 390 g/mol. The molecule has 0 amide bonds. The summed E-state index contributed by atoms with van der Waals surface area (Å²) in [6.45, 7) is 11.1. The summed E-state index contributed by atoms with van der Waals surface area (Å²) in [5, 5.41) is 3.75. The van der Waals surface area contributed by atoms with Crippen LogP contribution < -0.4 is 14.8 Å². The standard InChI is InChI=1S/C22H35N3O3/c1-8-23-21(24-19-16-9-10-28-20(16)22(19,3)4)25(5)13-15-12-18(27-7)17(26-6)11-14(15)2/h11-12,16,19-20H,8-10,13H2,1-7H3,(H,23,24). The summed E-state index contributed by atoms with van der Waals surface area (Å²) in [6.07, 6.45) is 1.50. The van der Waals surface area contributed by atoms with Gasteiger partial charge in [0.1, 0.15) is 0 Å². The lowest BCUT2D eigenvalue weighted by atomic mass is 9.57. The first-order chi connectivity index (χ1) is 13.3. The molecular formula is C22H35N3O3. The van der Waals surface area contributed by atoms with E-state index in [0.717, 1.165) is 43.6 Å². The SMILES string of the molecule is CCN=C(NC1C2CCOC2C1(C)C)N(C)Cc1cc(OC)c(OC)cc1C. The van der Waals surface area contributed by atoms with E-state index in [1.807, 2.05) is 6.07 Å². The highest BCUT2D eigenvalue weighted by Crippen LogP contribution is 2.52. The minimum Gasteiger partial charge on any atom is -0.493 e. The third kappa shape index (κ3) is 3.66. The lowest BCUT2D eigenvalue weighted by Gasteiger charge is -2.55. The molecule has 1 aromatic rings. The van der Waals surface area contributed by atoms with Gasteiger partial charge in [0.2, 0.25) is 0 Å². The number of guanidine groups is 1. The Labute approximate surface area is 169 Å². The number of ether oxygens (including phenoxy) is 3. The molecule has 1 N–H and O–H groups in total. The van der Waals surface area contributed by atoms with Crippen molar-refractivity contribution in [3.63, 3.8) is 0 Å². The number of nitrogens with one attached hydrogen (secondary N) is 1. The summed E-state index contributed by atoms with van der Waals surface area (Å²) in [7, 11) is 5.43. The van der Waals surface area contributed by atoms with E-state index in [1.54, 1.807) is 14.2 Å². The molecule has 1 aliphatic carbocycles. The molecule has 1 aliphatic heterocycles. The highest BCUT2D eigenvalue weighted by Gasteiger charge is 2.59. The molecule has 3 unspecified atom stereocenters. The summed E-state index contributed by atoms with van der Waals surface area (Å²) in [4.78, 5) is 6.95. The second-order valence-electron chi connectivity index (χ2n) is 8.47. The Morgan fingerprint density at radius 3 is 2.61 bits per heavy atom. The molecule has 1 heterocycles. The van der Waals surface area contributed by atoms with Crippen LogP contribution in [-0.2, 0) is 11.3 Å². The van der Waals surface area contributed by atoms with Gasteiger partial charge in [-0.25, -0.2) is 0 Å². The number of fused-ring (bicyclic) bond motifs is 1. The fourth-order valence-electron chi connectivity index (χ4n) is 4.71. The molecule has 2 fully saturated rings. The summed E-state index contributed by atoms with van der Waals surface area (Å²) >= 11 is 0. The van der Waals surface area contributed by atoms with Crippen molar-refractivity contribution in [1.82, 2.24) is 10.2 Å². The first-order valence-corrected chi connectivity index (χ1v) is 10.2. The van der Waals surface area contributed by atoms with Crippen LogP contribution in [0.4, 0.5) is 0 Å².